The lowest BCUT2D eigenvalue weighted by Crippen LogP contribution is -2.66. The number of phenolic OH excluding ortho intramolecular Hbond substituents is 3. The lowest BCUT2D eigenvalue weighted by atomic mass is 9.85. The summed E-state index contributed by atoms with van der Waals surface area (Å²) in [5.74, 6) is -16.4. The molecule has 0 unspecified atom stereocenters. The quantitative estimate of drug-likeness (QED) is 0.0464. The Balaban J connectivity index is 0.920. The number of hydrogen-bond donors (Lipinski definition) is 21. The Bertz CT molecular complexity index is 5640. The average Bonchev–Trinajstić information content (AvgIpc) is 1.59. The number of phenols is 3. The molecule has 0 radical (unpaired) electrons. The molecule has 3 saturated heterocycles. The van der Waals surface area contributed by atoms with Crippen LogP contribution in [0.5, 0.6) is 46.0 Å². The fourth-order valence-electron chi connectivity index (χ4n) is 17.4. The Morgan fingerprint density at radius 3 is 2.02 bits per heavy atom. The predicted octanol–water partition coefficient (Wildman–Crippen LogP) is 2.64. The summed E-state index contributed by atoms with van der Waals surface area (Å²) in [5.41, 5.74) is 9.75. The Kier molecular flexibility index (Phi) is 28.6. The van der Waals surface area contributed by atoms with Gasteiger partial charge in [0.05, 0.1) is 54.5 Å². The second kappa shape index (κ2) is 39.5. The van der Waals surface area contributed by atoms with Crippen LogP contribution in [0.15, 0.2) is 146 Å². The molecule has 1 aromatic heterocycles. The molecule has 8 aliphatic heterocycles. The number of primary amides is 1. The summed E-state index contributed by atoms with van der Waals surface area (Å²) in [4.78, 5) is 135. The highest BCUT2D eigenvalue weighted by Crippen LogP contribution is 2.50. The number of rotatable bonds is 22. The number of aromatic nitrogens is 1. The van der Waals surface area contributed by atoms with Crippen LogP contribution in [0.4, 0.5) is 0 Å². The largest absolute Gasteiger partial charge is 0.508 e. The van der Waals surface area contributed by atoms with Crippen molar-refractivity contribution in [2.24, 2.45) is 17.4 Å². The van der Waals surface area contributed by atoms with Gasteiger partial charge in [-0.3, -0.25) is 38.4 Å². The fourth-order valence-corrected chi connectivity index (χ4v) is 17.6. The highest BCUT2D eigenvalue weighted by molar-refractivity contribution is 6.32. The number of halogens is 1. The van der Waals surface area contributed by atoms with Crippen molar-refractivity contribution in [2.45, 2.75) is 214 Å². The third kappa shape index (κ3) is 20.8. The predicted molar refractivity (Wildman–Crippen MR) is 464 cm³/mol. The molecule has 16 rings (SSSR count). The van der Waals surface area contributed by atoms with Crippen LogP contribution < -0.4 is 73.5 Å². The van der Waals surface area contributed by atoms with E-state index >= 15 is 24.0 Å². The number of aliphatic hydroxyl groups is 6. The first-order valence-electron chi connectivity index (χ1n) is 42.5. The van der Waals surface area contributed by atoms with Crippen LogP contribution in [0.2, 0.25) is 5.02 Å². The topological polar surface area (TPSA) is 595 Å². The van der Waals surface area contributed by atoms with E-state index in [-0.39, 0.29) is 71.5 Å². The van der Waals surface area contributed by atoms with Gasteiger partial charge in [0.15, 0.2) is 36.2 Å². The number of carbonyl (C=O) groups excluding carboxylic acids is 8. The maximum atomic E-state index is 16.6. The van der Waals surface area contributed by atoms with Gasteiger partial charge in [-0.1, -0.05) is 98.2 Å². The number of fused-ring (bicyclic) bond motifs is 16. The molecule has 698 valence electrons. The van der Waals surface area contributed by atoms with Gasteiger partial charge in [0.25, 0.3) is 0 Å². The van der Waals surface area contributed by atoms with Crippen LogP contribution in [0, 0.1) is 5.92 Å². The highest BCUT2D eigenvalue weighted by atomic mass is 35.5. The molecule has 22 atom stereocenters. The van der Waals surface area contributed by atoms with Crippen molar-refractivity contribution in [1.82, 2.24) is 52.4 Å². The summed E-state index contributed by atoms with van der Waals surface area (Å²) in [6.07, 6.45) is -21.7. The van der Waals surface area contributed by atoms with E-state index < -0.39 is 256 Å². The van der Waals surface area contributed by atoms with E-state index in [0.717, 1.165) is 70.6 Å². The number of carbonyl (C=O) groups is 9. The molecular formula is C91H105ClN12O27. The van der Waals surface area contributed by atoms with Crippen LogP contribution in [0.3, 0.4) is 0 Å². The van der Waals surface area contributed by atoms with E-state index in [9.17, 15) is 70.2 Å². The molecule has 39 nitrogen and oxygen atoms in total. The smallest absolute Gasteiger partial charge is 0.330 e. The number of carboxylic acid groups (broad SMARTS) is 1. The summed E-state index contributed by atoms with van der Waals surface area (Å²) >= 11 is 7.24. The molecule has 11 bridgehead atoms. The average molecular weight is 1830 g/mol. The van der Waals surface area contributed by atoms with Crippen molar-refractivity contribution < 1.29 is 132 Å². The van der Waals surface area contributed by atoms with Gasteiger partial charge in [-0.25, -0.2) is 4.79 Å². The van der Waals surface area contributed by atoms with E-state index in [1.807, 2.05) is 74.6 Å². The maximum Gasteiger partial charge on any atom is 0.330 e. The first kappa shape index (κ1) is 94.9. The van der Waals surface area contributed by atoms with Crippen molar-refractivity contribution in [3.05, 3.63) is 190 Å². The SMILES string of the molecule is CN[C@H](CC(C)C)C(=O)N[C@H]1C(=O)N[C@@H](CC(N)=O)C(=O)N[C@H]2C(=O)N[C@H]3C(=O)N[C@H](C(=O)N[C@H](C(=O)O)c4cc(O)cc(O)c4-c4cc3ccc4O)[C@H](O[C@H]3C[C@](C)(N)[C@@H](O)[C@H](C)O3)c3ccc(cc3)Oc3cc2cc(c3O[C@@H]2O[C@H](CO)[C@@H](O)[C@H](O)[C@H]2O[C@H]2C[C@](C)(NC(=O)CNCc3cn(Cc4ccccc4)c4ccccc34)[C@@H](O)[C@H](C)O2)Oc2ccc(cc2Cl)[C@H]1O. The normalized spacial score (nSPS) is 28.9. The molecule has 7 aromatic carbocycles. The number of aliphatic hydroxyl groups excluding tert-OH is 6. The molecule has 8 aliphatic rings. The Morgan fingerprint density at radius 2 is 1.34 bits per heavy atom. The minimum absolute atomic E-state index is 0.0615. The van der Waals surface area contributed by atoms with Gasteiger partial charge in [-0.15, -0.1) is 0 Å². The molecule has 40 heteroatoms. The zero-order valence-corrected chi connectivity index (χ0v) is 72.8. The molecule has 3 fully saturated rings. The van der Waals surface area contributed by atoms with E-state index in [4.69, 9.17) is 61.0 Å². The molecule has 0 aliphatic carbocycles. The molecule has 131 heavy (non-hydrogen) atoms. The van der Waals surface area contributed by atoms with Crippen LogP contribution >= 0.6 is 11.6 Å². The van der Waals surface area contributed by atoms with Gasteiger partial charge < -0.3 is 153 Å². The number of nitrogens with zero attached hydrogens (tertiary/aromatic N) is 1. The Morgan fingerprint density at radius 1 is 0.679 bits per heavy atom. The lowest BCUT2D eigenvalue weighted by molar-refractivity contribution is -0.334. The molecule has 0 spiro atoms. The number of nitrogens with one attached hydrogen (secondary N) is 9. The monoisotopic (exact) mass is 1830 g/mol. The number of hydrogen-bond acceptors (Lipinski definition) is 29. The lowest BCUT2D eigenvalue weighted by Gasteiger charge is -2.48. The molecule has 23 N–H and O–H groups in total. The zero-order valence-electron chi connectivity index (χ0n) is 72.0. The first-order chi connectivity index (χ1) is 62.3. The van der Waals surface area contributed by atoms with Gasteiger partial charge in [0.1, 0.15) is 95.6 Å². The van der Waals surface area contributed by atoms with Crippen LogP contribution in [-0.4, -0.2) is 232 Å². The van der Waals surface area contributed by atoms with Crippen molar-refractivity contribution in [3.8, 4) is 57.1 Å². The van der Waals surface area contributed by atoms with Gasteiger partial charge in [-0.2, -0.15) is 0 Å². The van der Waals surface area contributed by atoms with Gasteiger partial charge in [0, 0.05) is 71.3 Å². The minimum Gasteiger partial charge on any atom is -0.508 e. The van der Waals surface area contributed by atoms with Crippen LogP contribution in [0.25, 0.3) is 22.0 Å². The van der Waals surface area contributed by atoms with Crippen LogP contribution in [0.1, 0.15) is 137 Å². The second-order valence-electron chi connectivity index (χ2n) is 34.5. The standard InChI is InChI=1S/C91H105ClN12O27/c1-40(2)25-55(95-7)82(116)101-72-74(111)46-20-24-60(54(92)27-46)127-62-29-47-28-61(78(62)131-89-79(76(113)75(112)63(39-105)128-89)130-67-34-91(6,81(115)42(4)125-67)103-65(110)36-96-35-48-38-104(37-43-13-9-8-10-14-43)57-16-12-11-15-51(48)57)126-50-21-17-44(18-22-50)77(129-66-33-90(5,94)80(114)41(3)124-66)73-87(121)100-71(88(122)123)53-30-49(106)31-59(108)68(53)52-26-45(19-23-58(52)107)69(84(118)102-73)99-85(119)70(47)98-83(117)56(32-64(93)109)97-86(72)120/h8-24,26-31,38,40-42,55-56,63,66-67,69-77,79-81,89,95-96,105-108,111-115H,25,32-37,39,94H2,1-7H3,(H2,93,109)(H,97,120)(H,98,117)(H,99,119)(H,100,121)(H,101,116)(H,102,118)(H,103,110)(H,122,123)/t41-,42-,55+,56-,63+,66-,67-,69+,70+,71-,72+,73-,74+,75+,76-,77+,79+,80-,81-,89-,90-,91-/m0/s1. The number of aromatic hydroxyl groups is 3. The Hall–Kier alpha value is -12.2. The third-order valence-electron chi connectivity index (χ3n) is 24.1. The number of benzene rings is 7. The second-order valence-corrected chi connectivity index (χ2v) is 34.9. The van der Waals surface area contributed by atoms with Gasteiger partial charge in [0.2, 0.25) is 59.3 Å². The van der Waals surface area contributed by atoms with E-state index in [2.05, 4.69) is 52.4 Å². The Labute approximate surface area is 754 Å². The third-order valence-corrected chi connectivity index (χ3v) is 24.4. The number of carboxylic acids is 1. The van der Waals surface area contributed by atoms with Crippen LogP contribution in [-0.2, 0) is 79.9 Å². The van der Waals surface area contributed by atoms with Gasteiger partial charge in [-0.05, 0) is 141 Å². The number of aliphatic carboxylic acids is 1. The highest BCUT2D eigenvalue weighted by Gasteiger charge is 2.54. The van der Waals surface area contributed by atoms with E-state index in [0.29, 0.717) is 6.54 Å². The van der Waals surface area contributed by atoms with Crippen molar-refractivity contribution >= 4 is 75.7 Å². The summed E-state index contributed by atoms with van der Waals surface area (Å²) in [6, 6.07) is 19.0. The molecule has 9 heterocycles. The molecule has 0 saturated carbocycles. The van der Waals surface area contributed by atoms with E-state index in [1.54, 1.807) is 0 Å². The maximum absolute atomic E-state index is 16.6. The number of likely N-dealkylation sites (N-methyl/N-ethyl adjacent to an activating group) is 1. The first-order valence-corrected chi connectivity index (χ1v) is 42.8. The molecular weight excluding hydrogens is 1730 g/mol. The number of ether oxygens (including phenoxy) is 8. The summed E-state index contributed by atoms with van der Waals surface area (Å²) in [7, 11) is 1.47. The number of para-hydroxylation sites is 1. The fraction of sp³-hybridized carbons (Fsp3) is 0.418. The van der Waals surface area contributed by atoms with E-state index in [1.165, 1.54) is 71.1 Å². The summed E-state index contributed by atoms with van der Waals surface area (Å²) < 4.78 is 55.0. The number of amides is 8. The van der Waals surface area contributed by atoms with Crippen molar-refractivity contribution in [2.75, 3.05) is 20.2 Å². The van der Waals surface area contributed by atoms with Gasteiger partial charge >= 0.3 is 5.97 Å². The zero-order chi connectivity index (χ0) is 94.1. The minimum atomic E-state index is -2.39. The molecule has 8 amide bonds. The number of nitrogens with two attached hydrogens (primary N) is 2. The van der Waals surface area contributed by atoms with Crippen molar-refractivity contribution in [3.63, 3.8) is 0 Å². The molecule has 8 aromatic rings. The summed E-state index contributed by atoms with van der Waals surface area (Å²) in [6.45, 7) is 9.18. The summed E-state index contributed by atoms with van der Waals surface area (Å²) in [5, 5.41) is 142. The van der Waals surface area contributed by atoms with Crippen molar-refractivity contribution in [1.29, 1.82) is 0 Å².